The highest BCUT2D eigenvalue weighted by Gasteiger charge is 2.09. The SMILES string of the molecule is C=CS(=O)(=O)c1ccc2ccc(O)cc2c1. The van der Waals surface area contributed by atoms with E-state index in [0.29, 0.717) is 5.39 Å². The zero-order valence-corrected chi connectivity index (χ0v) is 9.24. The average molecular weight is 234 g/mol. The van der Waals surface area contributed by atoms with E-state index in [1.54, 1.807) is 18.2 Å². The summed E-state index contributed by atoms with van der Waals surface area (Å²) >= 11 is 0. The highest BCUT2D eigenvalue weighted by molar-refractivity contribution is 7.94. The van der Waals surface area contributed by atoms with Crippen molar-refractivity contribution in [2.45, 2.75) is 4.90 Å². The molecule has 0 bridgehead atoms. The molecule has 0 spiro atoms. The van der Waals surface area contributed by atoms with Crippen LogP contribution in [0.3, 0.4) is 0 Å². The van der Waals surface area contributed by atoms with Crippen LogP contribution in [0.4, 0.5) is 0 Å². The molecule has 82 valence electrons. The standard InChI is InChI=1S/C12H10O3S/c1-2-16(14,15)12-6-4-9-3-5-11(13)7-10(9)8-12/h2-8,13H,1H2. The minimum atomic E-state index is -3.42. The Balaban J connectivity index is 2.73. The van der Waals surface area contributed by atoms with Gasteiger partial charge in [0.1, 0.15) is 5.75 Å². The molecule has 0 aromatic heterocycles. The summed E-state index contributed by atoms with van der Waals surface area (Å²) in [6.45, 7) is 3.27. The van der Waals surface area contributed by atoms with Gasteiger partial charge in [-0.3, -0.25) is 0 Å². The number of hydrogen-bond donors (Lipinski definition) is 1. The van der Waals surface area contributed by atoms with Crippen molar-refractivity contribution in [2.75, 3.05) is 0 Å². The van der Waals surface area contributed by atoms with Gasteiger partial charge in [-0.05, 0) is 35.0 Å². The van der Waals surface area contributed by atoms with Gasteiger partial charge in [0.15, 0.2) is 9.84 Å². The third-order valence-corrected chi connectivity index (χ3v) is 3.69. The molecule has 2 aromatic carbocycles. The average Bonchev–Trinajstić information content (AvgIpc) is 2.28. The second kappa shape index (κ2) is 3.64. The van der Waals surface area contributed by atoms with Gasteiger partial charge in [-0.2, -0.15) is 0 Å². The van der Waals surface area contributed by atoms with Crippen LogP contribution >= 0.6 is 0 Å². The summed E-state index contributed by atoms with van der Waals surface area (Å²) in [4.78, 5) is 0.181. The zero-order chi connectivity index (χ0) is 11.8. The van der Waals surface area contributed by atoms with Crippen LogP contribution in [-0.4, -0.2) is 13.5 Å². The first-order valence-electron chi connectivity index (χ1n) is 4.63. The molecule has 0 aliphatic rings. The molecule has 3 nitrogen and oxygen atoms in total. The predicted molar refractivity (Wildman–Crippen MR) is 63.0 cm³/mol. The number of aromatic hydroxyl groups is 1. The molecule has 0 atom stereocenters. The molecule has 1 N–H and O–H groups in total. The summed E-state index contributed by atoms with van der Waals surface area (Å²) < 4.78 is 23.1. The Kier molecular flexibility index (Phi) is 2.44. The van der Waals surface area contributed by atoms with Gasteiger partial charge in [-0.25, -0.2) is 8.42 Å². The molecular weight excluding hydrogens is 224 g/mol. The molecule has 16 heavy (non-hydrogen) atoms. The van der Waals surface area contributed by atoms with Crippen molar-refractivity contribution < 1.29 is 13.5 Å². The van der Waals surface area contributed by atoms with Gasteiger partial charge in [-0.15, -0.1) is 0 Å². The van der Waals surface area contributed by atoms with E-state index in [4.69, 9.17) is 0 Å². The van der Waals surface area contributed by atoms with Crippen LogP contribution in [0.1, 0.15) is 0 Å². The molecule has 4 heteroatoms. The van der Waals surface area contributed by atoms with Gasteiger partial charge in [-0.1, -0.05) is 18.7 Å². The van der Waals surface area contributed by atoms with Crippen molar-refractivity contribution in [3.8, 4) is 5.75 Å². The van der Waals surface area contributed by atoms with E-state index in [0.717, 1.165) is 10.8 Å². The Morgan fingerprint density at radius 1 is 1.06 bits per heavy atom. The topological polar surface area (TPSA) is 54.4 Å². The molecule has 0 aliphatic heterocycles. The first-order chi connectivity index (χ1) is 7.53. The molecule has 0 heterocycles. The summed E-state index contributed by atoms with van der Waals surface area (Å²) in [5, 5.41) is 11.8. The number of sulfone groups is 1. The summed E-state index contributed by atoms with van der Waals surface area (Å²) in [5.74, 6) is 0.112. The number of rotatable bonds is 2. The van der Waals surface area contributed by atoms with Crippen molar-refractivity contribution >= 4 is 20.6 Å². The number of hydrogen-bond acceptors (Lipinski definition) is 3. The summed E-state index contributed by atoms with van der Waals surface area (Å²) in [6, 6.07) is 9.56. The van der Waals surface area contributed by atoms with Gasteiger partial charge in [0.2, 0.25) is 0 Å². The number of benzene rings is 2. The van der Waals surface area contributed by atoms with E-state index in [2.05, 4.69) is 6.58 Å². The molecule has 0 fully saturated rings. The lowest BCUT2D eigenvalue weighted by atomic mass is 10.1. The zero-order valence-electron chi connectivity index (χ0n) is 8.42. The third kappa shape index (κ3) is 1.79. The van der Waals surface area contributed by atoms with E-state index in [9.17, 15) is 13.5 Å². The van der Waals surface area contributed by atoms with E-state index in [1.807, 2.05) is 0 Å². The first-order valence-corrected chi connectivity index (χ1v) is 6.18. The van der Waals surface area contributed by atoms with E-state index < -0.39 is 9.84 Å². The molecular formula is C12H10O3S. The fourth-order valence-electron chi connectivity index (χ4n) is 1.49. The van der Waals surface area contributed by atoms with Crippen LogP contribution in [0.5, 0.6) is 5.75 Å². The van der Waals surface area contributed by atoms with Crippen molar-refractivity contribution in [2.24, 2.45) is 0 Å². The van der Waals surface area contributed by atoms with Crippen LogP contribution < -0.4 is 0 Å². The van der Waals surface area contributed by atoms with Gasteiger partial charge in [0.05, 0.1) is 4.90 Å². The van der Waals surface area contributed by atoms with Crippen molar-refractivity contribution in [1.29, 1.82) is 0 Å². The minimum absolute atomic E-state index is 0.112. The Bertz CT molecular complexity index is 657. The maximum atomic E-state index is 11.5. The largest absolute Gasteiger partial charge is 0.508 e. The molecule has 0 saturated carbocycles. The third-order valence-electron chi connectivity index (χ3n) is 2.34. The lowest BCUT2D eigenvalue weighted by Crippen LogP contribution is -1.94. The van der Waals surface area contributed by atoms with Gasteiger partial charge in [0.25, 0.3) is 0 Å². The summed E-state index contributed by atoms with van der Waals surface area (Å²) in [5.41, 5.74) is 0. The molecule has 0 saturated heterocycles. The number of phenolic OH excluding ortho intramolecular Hbond substituents is 1. The van der Waals surface area contributed by atoms with Crippen LogP contribution in [0.2, 0.25) is 0 Å². The Hall–Kier alpha value is -1.81. The monoisotopic (exact) mass is 234 g/mol. The van der Waals surface area contributed by atoms with Crippen LogP contribution in [0, 0.1) is 0 Å². The highest BCUT2D eigenvalue weighted by Crippen LogP contribution is 2.23. The maximum absolute atomic E-state index is 11.5. The van der Waals surface area contributed by atoms with Gasteiger partial charge in [0, 0.05) is 5.41 Å². The molecule has 2 rings (SSSR count). The smallest absolute Gasteiger partial charge is 0.199 e. The highest BCUT2D eigenvalue weighted by atomic mass is 32.2. The Labute approximate surface area is 93.6 Å². The first kappa shape index (κ1) is 10.7. The lowest BCUT2D eigenvalue weighted by molar-refractivity contribution is 0.476. The van der Waals surface area contributed by atoms with E-state index in [1.165, 1.54) is 18.2 Å². The quantitative estimate of drug-likeness (QED) is 0.868. The number of fused-ring (bicyclic) bond motifs is 1. The van der Waals surface area contributed by atoms with Crippen molar-refractivity contribution in [1.82, 2.24) is 0 Å². The van der Waals surface area contributed by atoms with Gasteiger partial charge >= 0.3 is 0 Å². The Morgan fingerprint density at radius 2 is 1.75 bits per heavy atom. The predicted octanol–water partition coefficient (Wildman–Crippen LogP) is 2.46. The Morgan fingerprint density at radius 3 is 2.44 bits per heavy atom. The molecule has 0 radical (unpaired) electrons. The van der Waals surface area contributed by atoms with Crippen LogP contribution in [0.25, 0.3) is 10.8 Å². The molecule has 0 aliphatic carbocycles. The fourth-order valence-corrected chi connectivity index (χ4v) is 2.23. The minimum Gasteiger partial charge on any atom is -0.508 e. The van der Waals surface area contributed by atoms with E-state index >= 15 is 0 Å². The second-order valence-electron chi connectivity index (χ2n) is 3.40. The van der Waals surface area contributed by atoms with Crippen LogP contribution in [-0.2, 0) is 9.84 Å². The van der Waals surface area contributed by atoms with Crippen molar-refractivity contribution in [3.05, 3.63) is 48.4 Å². The fraction of sp³-hybridized carbons (Fsp3) is 0. The normalized spacial score (nSPS) is 11.5. The number of phenols is 1. The molecule has 0 unspecified atom stereocenters. The van der Waals surface area contributed by atoms with Crippen LogP contribution in [0.15, 0.2) is 53.3 Å². The molecule has 0 amide bonds. The summed E-state index contributed by atoms with van der Waals surface area (Å²) in [6.07, 6.45) is 0. The van der Waals surface area contributed by atoms with Gasteiger partial charge < -0.3 is 5.11 Å². The molecule has 2 aromatic rings. The van der Waals surface area contributed by atoms with Crippen molar-refractivity contribution in [3.63, 3.8) is 0 Å². The maximum Gasteiger partial charge on any atom is 0.199 e. The summed E-state index contributed by atoms with van der Waals surface area (Å²) in [7, 11) is -3.42. The lowest BCUT2D eigenvalue weighted by Gasteiger charge is -2.02. The van der Waals surface area contributed by atoms with E-state index in [-0.39, 0.29) is 10.6 Å². The second-order valence-corrected chi connectivity index (χ2v) is 5.30.